The standard InChI is InChI=1S/C13H12F3N3/c14-13(15,16)10-4-5-11(9(7-10)8-17)19-6-2-1-3-12(19)18/h4-5,7,18H,1-3,6H2. The van der Waals surface area contributed by atoms with Crippen LogP contribution in [0.4, 0.5) is 18.9 Å². The van der Waals surface area contributed by atoms with Crippen molar-refractivity contribution in [3.63, 3.8) is 0 Å². The Hall–Kier alpha value is -2.03. The molecule has 1 aromatic carbocycles. The van der Waals surface area contributed by atoms with Crippen molar-refractivity contribution in [2.45, 2.75) is 25.4 Å². The van der Waals surface area contributed by atoms with Crippen molar-refractivity contribution in [1.29, 1.82) is 10.7 Å². The fraction of sp³-hybridized carbons (Fsp3) is 0.385. The first-order chi connectivity index (χ1) is 8.93. The van der Waals surface area contributed by atoms with Crippen LogP contribution in [0.25, 0.3) is 0 Å². The van der Waals surface area contributed by atoms with Crippen LogP contribution in [0.3, 0.4) is 0 Å². The van der Waals surface area contributed by atoms with Gasteiger partial charge in [0.25, 0.3) is 0 Å². The van der Waals surface area contributed by atoms with E-state index in [0.717, 1.165) is 25.0 Å². The van der Waals surface area contributed by atoms with Crippen molar-refractivity contribution in [2.75, 3.05) is 11.4 Å². The molecule has 1 saturated heterocycles. The van der Waals surface area contributed by atoms with Gasteiger partial charge in [-0.3, -0.25) is 5.41 Å². The molecule has 0 atom stereocenters. The smallest absolute Gasteiger partial charge is 0.329 e. The van der Waals surface area contributed by atoms with E-state index in [2.05, 4.69) is 0 Å². The first kappa shape index (κ1) is 13.4. The van der Waals surface area contributed by atoms with E-state index in [1.807, 2.05) is 0 Å². The molecular formula is C13H12F3N3. The number of hydrogen-bond acceptors (Lipinski definition) is 2. The molecule has 1 fully saturated rings. The number of piperidine rings is 1. The van der Waals surface area contributed by atoms with Crippen LogP contribution in [-0.2, 0) is 6.18 Å². The minimum absolute atomic E-state index is 0.0403. The molecule has 19 heavy (non-hydrogen) atoms. The second kappa shape index (κ2) is 4.92. The lowest BCUT2D eigenvalue weighted by Gasteiger charge is -2.30. The third-order valence-electron chi connectivity index (χ3n) is 3.11. The summed E-state index contributed by atoms with van der Waals surface area (Å²) in [5.41, 5.74) is -0.488. The maximum Gasteiger partial charge on any atom is 0.416 e. The van der Waals surface area contributed by atoms with Crippen molar-refractivity contribution in [1.82, 2.24) is 0 Å². The lowest BCUT2D eigenvalue weighted by molar-refractivity contribution is -0.137. The summed E-state index contributed by atoms with van der Waals surface area (Å²) in [4.78, 5) is 1.61. The number of halogens is 3. The largest absolute Gasteiger partial charge is 0.416 e. The summed E-state index contributed by atoms with van der Waals surface area (Å²) in [5.74, 6) is 0.350. The van der Waals surface area contributed by atoms with Crippen LogP contribution in [0.15, 0.2) is 18.2 Å². The van der Waals surface area contributed by atoms with E-state index in [1.54, 1.807) is 11.0 Å². The molecule has 0 radical (unpaired) electrons. The highest BCUT2D eigenvalue weighted by molar-refractivity contribution is 5.97. The van der Waals surface area contributed by atoms with Crippen LogP contribution in [0, 0.1) is 16.7 Å². The van der Waals surface area contributed by atoms with Crippen LogP contribution in [0.5, 0.6) is 0 Å². The van der Waals surface area contributed by atoms with Gasteiger partial charge in [0.05, 0.1) is 16.8 Å². The van der Waals surface area contributed by atoms with Crippen molar-refractivity contribution in [3.05, 3.63) is 29.3 Å². The Labute approximate surface area is 108 Å². The van der Waals surface area contributed by atoms with Gasteiger partial charge in [-0.15, -0.1) is 0 Å². The fourth-order valence-corrected chi connectivity index (χ4v) is 2.14. The molecule has 3 nitrogen and oxygen atoms in total. The molecule has 1 aliphatic heterocycles. The van der Waals surface area contributed by atoms with Crippen molar-refractivity contribution < 1.29 is 13.2 Å². The molecule has 0 amide bonds. The molecule has 0 spiro atoms. The molecular weight excluding hydrogens is 255 g/mol. The predicted molar refractivity (Wildman–Crippen MR) is 65.1 cm³/mol. The highest BCUT2D eigenvalue weighted by Gasteiger charge is 2.31. The highest BCUT2D eigenvalue weighted by atomic mass is 19.4. The number of hydrogen-bond donors (Lipinski definition) is 1. The van der Waals surface area contributed by atoms with Crippen LogP contribution < -0.4 is 4.90 Å². The number of amidine groups is 1. The van der Waals surface area contributed by atoms with Crippen molar-refractivity contribution >= 4 is 11.5 Å². The molecule has 1 N–H and O–H groups in total. The summed E-state index contributed by atoms with van der Waals surface area (Å²) < 4.78 is 37.8. The lowest BCUT2D eigenvalue weighted by Crippen LogP contribution is -2.35. The average Bonchev–Trinajstić information content (AvgIpc) is 2.37. The number of nitrogens with zero attached hydrogens (tertiary/aromatic N) is 2. The molecule has 2 rings (SSSR count). The Morgan fingerprint density at radius 2 is 2.00 bits per heavy atom. The molecule has 0 bridgehead atoms. The van der Waals surface area contributed by atoms with E-state index in [1.165, 1.54) is 6.07 Å². The number of anilines is 1. The lowest BCUT2D eigenvalue weighted by atomic mass is 10.0. The molecule has 0 saturated carbocycles. The van der Waals surface area contributed by atoms with Gasteiger partial charge in [0.1, 0.15) is 11.9 Å². The van der Waals surface area contributed by atoms with Gasteiger partial charge in [0.15, 0.2) is 0 Å². The Balaban J connectivity index is 2.42. The minimum atomic E-state index is -4.46. The molecule has 1 aromatic rings. The van der Waals surface area contributed by atoms with Gasteiger partial charge in [0.2, 0.25) is 0 Å². The summed E-state index contributed by atoms with van der Waals surface area (Å²) in [5, 5.41) is 16.8. The number of alkyl halides is 3. The molecule has 1 aliphatic rings. The highest BCUT2D eigenvalue weighted by Crippen LogP contribution is 2.33. The van der Waals surface area contributed by atoms with E-state index in [4.69, 9.17) is 10.7 Å². The van der Waals surface area contributed by atoms with E-state index in [-0.39, 0.29) is 5.56 Å². The first-order valence-corrected chi connectivity index (χ1v) is 5.90. The third-order valence-corrected chi connectivity index (χ3v) is 3.11. The summed E-state index contributed by atoms with van der Waals surface area (Å²) in [6, 6.07) is 4.87. The summed E-state index contributed by atoms with van der Waals surface area (Å²) in [6.45, 7) is 0.568. The van der Waals surface area contributed by atoms with Gasteiger partial charge in [-0.1, -0.05) is 0 Å². The van der Waals surface area contributed by atoms with Gasteiger partial charge < -0.3 is 4.90 Å². The maximum absolute atomic E-state index is 12.6. The first-order valence-electron chi connectivity index (χ1n) is 5.90. The Morgan fingerprint density at radius 1 is 1.26 bits per heavy atom. The fourth-order valence-electron chi connectivity index (χ4n) is 2.14. The second-order valence-corrected chi connectivity index (χ2v) is 4.40. The minimum Gasteiger partial charge on any atom is -0.329 e. The third kappa shape index (κ3) is 2.70. The zero-order chi connectivity index (χ0) is 14.0. The van der Waals surface area contributed by atoms with Crippen molar-refractivity contribution in [2.24, 2.45) is 0 Å². The van der Waals surface area contributed by atoms with Gasteiger partial charge in [-0.25, -0.2) is 0 Å². The average molecular weight is 267 g/mol. The summed E-state index contributed by atoms with van der Waals surface area (Å²) >= 11 is 0. The number of nitriles is 1. The summed E-state index contributed by atoms with van der Waals surface area (Å²) in [7, 11) is 0. The monoisotopic (exact) mass is 267 g/mol. The van der Waals surface area contributed by atoms with E-state index >= 15 is 0 Å². The Morgan fingerprint density at radius 3 is 2.58 bits per heavy atom. The molecule has 100 valence electrons. The Bertz CT molecular complexity index is 543. The number of nitrogens with one attached hydrogen (secondary N) is 1. The van der Waals surface area contributed by atoms with Gasteiger partial charge in [0, 0.05) is 13.0 Å². The van der Waals surface area contributed by atoms with Crippen LogP contribution in [-0.4, -0.2) is 12.4 Å². The molecule has 0 aliphatic carbocycles. The van der Waals surface area contributed by atoms with Gasteiger partial charge in [-0.05, 0) is 31.0 Å². The number of rotatable bonds is 1. The topological polar surface area (TPSA) is 50.9 Å². The number of benzene rings is 1. The molecule has 1 heterocycles. The van der Waals surface area contributed by atoms with E-state index < -0.39 is 11.7 Å². The van der Waals surface area contributed by atoms with E-state index in [9.17, 15) is 13.2 Å². The van der Waals surface area contributed by atoms with Crippen LogP contribution in [0.1, 0.15) is 30.4 Å². The quantitative estimate of drug-likeness (QED) is 0.846. The Kier molecular flexibility index (Phi) is 3.47. The molecule has 0 aromatic heterocycles. The zero-order valence-corrected chi connectivity index (χ0v) is 10.1. The maximum atomic E-state index is 12.6. The van der Waals surface area contributed by atoms with E-state index in [0.29, 0.717) is 24.5 Å². The normalized spacial score (nSPS) is 16.3. The molecule has 0 unspecified atom stereocenters. The van der Waals surface area contributed by atoms with Gasteiger partial charge >= 0.3 is 6.18 Å². The summed E-state index contributed by atoms with van der Waals surface area (Å²) in [6.07, 6.45) is -2.10. The molecule has 6 heteroatoms. The van der Waals surface area contributed by atoms with Crippen LogP contribution in [0.2, 0.25) is 0 Å². The van der Waals surface area contributed by atoms with Gasteiger partial charge in [-0.2, -0.15) is 18.4 Å². The zero-order valence-electron chi connectivity index (χ0n) is 10.1. The van der Waals surface area contributed by atoms with Crippen LogP contribution >= 0.6 is 0 Å². The predicted octanol–water partition coefficient (Wildman–Crippen LogP) is 3.54. The second-order valence-electron chi connectivity index (χ2n) is 4.40. The SMILES string of the molecule is N#Cc1cc(C(F)(F)F)ccc1N1CCCCC1=N. The van der Waals surface area contributed by atoms with Crippen molar-refractivity contribution in [3.8, 4) is 6.07 Å².